The molecule has 2 heterocycles. The van der Waals surface area contributed by atoms with Crippen molar-refractivity contribution < 1.29 is 36.4 Å². The van der Waals surface area contributed by atoms with Crippen molar-refractivity contribution >= 4 is 54.1 Å². The van der Waals surface area contributed by atoms with Crippen LogP contribution in [-0.4, -0.2) is 60.3 Å². The lowest BCUT2D eigenvalue weighted by Crippen LogP contribution is -2.41. The molecule has 0 aromatic carbocycles. The Morgan fingerprint density at radius 1 is 1.23 bits per heavy atom. The molecule has 1 aromatic rings. The molecule has 146 valence electrons. The summed E-state index contributed by atoms with van der Waals surface area (Å²) in [4.78, 5) is 22.9. The summed E-state index contributed by atoms with van der Waals surface area (Å²) in [5.74, 6) is -1.38. The van der Waals surface area contributed by atoms with Gasteiger partial charge >= 0.3 is 22.2 Å². The van der Waals surface area contributed by atoms with Crippen LogP contribution >= 0.6 is 31.9 Å². The third kappa shape index (κ3) is 5.20. The average Bonchev–Trinajstić information content (AvgIpc) is 2.98. The van der Waals surface area contributed by atoms with Crippen LogP contribution in [-0.2, 0) is 38.3 Å². The lowest BCUT2D eigenvalue weighted by Gasteiger charge is -2.23. The fourth-order valence-electron chi connectivity index (χ4n) is 2.28. The molecule has 0 radical (unpaired) electrons. The Morgan fingerprint density at radius 3 is 2.27 bits per heavy atom. The second-order valence-electron chi connectivity index (χ2n) is 5.11. The van der Waals surface area contributed by atoms with E-state index in [0.29, 0.717) is 9.21 Å². The van der Waals surface area contributed by atoms with Crippen molar-refractivity contribution in [2.75, 3.05) is 6.61 Å². The molecule has 0 amide bonds. The highest BCUT2D eigenvalue weighted by molar-refractivity contribution is 9.13. The number of hydrogen-bond acceptors (Lipinski definition) is 10. The maximum absolute atomic E-state index is 11.5. The predicted molar refractivity (Wildman–Crippen MR) is 89.5 cm³/mol. The first-order valence-electron chi connectivity index (χ1n) is 6.93. The molecule has 1 aromatic heterocycles. The zero-order valence-electron chi connectivity index (χ0n) is 13.4. The molecule has 1 saturated heterocycles. The highest BCUT2D eigenvalue weighted by atomic mass is 79.9. The second kappa shape index (κ2) is 8.26. The first-order valence-corrected chi connectivity index (χ1v) is 9.98. The zero-order valence-corrected chi connectivity index (χ0v) is 17.4. The number of halogens is 2. The Morgan fingerprint density at radius 2 is 1.81 bits per heavy atom. The van der Waals surface area contributed by atoms with Gasteiger partial charge in [-0.1, -0.05) is 5.21 Å². The Balaban J connectivity index is 2.37. The fraction of sp³-hybridized carbons (Fsp3) is 0.636. The van der Waals surface area contributed by atoms with Crippen LogP contribution in [0.3, 0.4) is 0 Å². The Kier molecular flexibility index (Phi) is 6.73. The molecule has 26 heavy (non-hydrogen) atoms. The standard InChI is InChI=1S/C11H14Br2N4O8S/c1-4(18)23-7-6(3-22-26(14,20)21)25-11(8(7)24-5(2)19)17-10(13)9(12)15-16-17/h6-8,11H,3H2,1-2H3,(H2,14,20,21)/t6-,7-,8-,11-/m1/s1. The van der Waals surface area contributed by atoms with E-state index in [9.17, 15) is 18.0 Å². The molecule has 2 N–H and O–H groups in total. The minimum atomic E-state index is -4.27. The van der Waals surface area contributed by atoms with Gasteiger partial charge in [-0.25, -0.2) is 9.82 Å². The zero-order chi connectivity index (χ0) is 19.6. The molecule has 0 saturated carbocycles. The minimum absolute atomic E-state index is 0.343. The van der Waals surface area contributed by atoms with Crippen molar-refractivity contribution in [2.45, 2.75) is 38.4 Å². The van der Waals surface area contributed by atoms with E-state index >= 15 is 0 Å². The van der Waals surface area contributed by atoms with Crippen LogP contribution in [0.2, 0.25) is 0 Å². The number of nitrogens with zero attached hydrogens (tertiary/aromatic N) is 3. The van der Waals surface area contributed by atoms with Crippen molar-refractivity contribution in [3.63, 3.8) is 0 Å². The van der Waals surface area contributed by atoms with Gasteiger partial charge in [0.05, 0.1) is 6.61 Å². The van der Waals surface area contributed by atoms with E-state index in [1.54, 1.807) is 0 Å². The molecule has 0 bridgehead atoms. The van der Waals surface area contributed by atoms with Crippen molar-refractivity contribution in [3.8, 4) is 0 Å². The minimum Gasteiger partial charge on any atom is -0.456 e. The summed E-state index contributed by atoms with van der Waals surface area (Å²) in [7, 11) is -4.27. The Bertz CT molecular complexity index is 800. The van der Waals surface area contributed by atoms with E-state index in [1.807, 2.05) is 0 Å². The van der Waals surface area contributed by atoms with E-state index in [2.05, 4.69) is 46.4 Å². The maximum Gasteiger partial charge on any atom is 0.333 e. The molecular formula is C11H14Br2N4O8S. The van der Waals surface area contributed by atoms with Gasteiger partial charge in [0, 0.05) is 13.8 Å². The first kappa shape index (κ1) is 21.2. The van der Waals surface area contributed by atoms with Crippen molar-refractivity contribution in [2.24, 2.45) is 5.14 Å². The molecule has 12 nitrogen and oxygen atoms in total. The van der Waals surface area contributed by atoms with Crippen LogP contribution in [0.5, 0.6) is 0 Å². The number of esters is 2. The van der Waals surface area contributed by atoms with Crippen LogP contribution in [0.4, 0.5) is 0 Å². The lowest BCUT2D eigenvalue weighted by molar-refractivity contribution is -0.166. The molecule has 1 aliphatic heterocycles. The van der Waals surface area contributed by atoms with Crippen LogP contribution < -0.4 is 5.14 Å². The van der Waals surface area contributed by atoms with E-state index in [-0.39, 0.29) is 0 Å². The highest BCUT2D eigenvalue weighted by Gasteiger charge is 2.51. The van der Waals surface area contributed by atoms with Gasteiger partial charge in [0.1, 0.15) is 10.7 Å². The maximum atomic E-state index is 11.5. The molecule has 0 unspecified atom stereocenters. The number of carbonyl (C=O) groups is 2. The van der Waals surface area contributed by atoms with Gasteiger partial charge in [-0.05, 0) is 31.9 Å². The summed E-state index contributed by atoms with van der Waals surface area (Å²) < 4.78 is 44.6. The average molecular weight is 522 g/mol. The molecule has 0 spiro atoms. The van der Waals surface area contributed by atoms with Gasteiger partial charge in [0.15, 0.2) is 23.0 Å². The SMILES string of the molecule is CC(=O)O[C@@H]1[C@H](OC(C)=O)[C@@H](COS(N)(=O)=O)O[C@H]1n1nnc(Br)c1Br. The van der Waals surface area contributed by atoms with Gasteiger partial charge in [-0.3, -0.25) is 13.8 Å². The predicted octanol–water partition coefficient (Wildman–Crippen LogP) is -0.216. The van der Waals surface area contributed by atoms with Gasteiger partial charge in [0.25, 0.3) is 0 Å². The Hall–Kier alpha value is -1.13. The third-order valence-electron chi connectivity index (χ3n) is 3.13. The van der Waals surface area contributed by atoms with E-state index in [4.69, 9.17) is 19.3 Å². The normalized spacial score (nSPS) is 25.9. The molecule has 1 aliphatic rings. The number of hydrogen-bond donors (Lipinski definition) is 1. The smallest absolute Gasteiger partial charge is 0.333 e. The number of rotatable bonds is 6. The number of carbonyl (C=O) groups excluding carboxylic acids is 2. The highest BCUT2D eigenvalue weighted by Crippen LogP contribution is 2.36. The van der Waals surface area contributed by atoms with Gasteiger partial charge in [0.2, 0.25) is 0 Å². The Labute approximate surface area is 164 Å². The molecule has 1 fully saturated rings. The van der Waals surface area contributed by atoms with Crippen LogP contribution in [0, 0.1) is 0 Å². The summed E-state index contributed by atoms with van der Waals surface area (Å²) in [5, 5.41) is 12.4. The molecule has 0 aliphatic carbocycles. The summed E-state index contributed by atoms with van der Waals surface area (Å²) >= 11 is 6.38. The van der Waals surface area contributed by atoms with E-state index in [1.165, 1.54) is 4.68 Å². The van der Waals surface area contributed by atoms with Crippen molar-refractivity contribution in [3.05, 3.63) is 9.21 Å². The molecule has 15 heteroatoms. The van der Waals surface area contributed by atoms with Crippen LogP contribution in [0.25, 0.3) is 0 Å². The summed E-state index contributed by atoms with van der Waals surface area (Å²) in [6, 6.07) is 0. The molecule has 4 atom stereocenters. The van der Waals surface area contributed by atoms with Crippen molar-refractivity contribution in [1.29, 1.82) is 0 Å². The van der Waals surface area contributed by atoms with Gasteiger partial charge in [-0.2, -0.15) is 8.42 Å². The number of ether oxygens (including phenoxy) is 3. The van der Waals surface area contributed by atoms with Crippen LogP contribution in [0.15, 0.2) is 9.21 Å². The van der Waals surface area contributed by atoms with Crippen LogP contribution in [0.1, 0.15) is 20.1 Å². The van der Waals surface area contributed by atoms with Crippen molar-refractivity contribution in [1.82, 2.24) is 15.0 Å². The second-order valence-corrected chi connectivity index (χ2v) is 7.83. The molecular weight excluding hydrogens is 508 g/mol. The lowest BCUT2D eigenvalue weighted by atomic mass is 10.1. The quantitative estimate of drug-likeness (QED) is 0.495. The first-order chi connectivity index (χ1) is 12.0. The monoisotopic (exact) mass is 520 g/mol. The number of aromatic nitrogens is 3. The summed E-state index contributed by atoms with van der Waals surface area (Å²) in [5.41, 5.74) is 0. The summed E-state index contributed by atoms with van der Waals surface area (Å²) in [6.45, 7) is 1.72. The largest absolute Gasteiger partial charge is 0.456 e. The van der Waals surface area contributed by atoms with Gasteiger partial charge in [-0.15, -0.1) is 5.10 Å². The van der Waals surface area contributed by atoms with E-state index in [0.717, 1.165) is 13.8 Å². The molecule has 2 rings (SSSR count). The third-order valence-corrected chi connectivity index (χ3v) is 5.40. The van der Waals surface area contributed by atoms with Gasteiger partial charge < -0.3 is 14.2 Å². The van der Waals surface area contributed by atoms with E-state index < -0.39 is 53.4 Å². The summed E-state index contributed by atoms with van der Waals surface area (Å²) in [6.07, 6.45) is -4.50. The fourth-order valence-corrected chi connectivity index (χ4v) is 3.21. The number of nitrogens with two attached hydrogens (primary N) is 1. The topological polar surface area (TPSA) is 162 Å².